The third-order valence-corrected chi connectivity index (χ3v) is 5.27. The standard InChI is InChI=1S/C21H22ClN3/c1-14(16-5-4-15(2)23-11-16)12-25-20-8-9-24(3)13-19(20)18-7-6-17(22)10-21(18)25/h4-7,10-12H,8-9,13H2,1-3H3/b14-12-. The lowest BCUT2D eigenvalue weighted by Crippen LogP contribution is -2.26. The number of aromatic nitrogens is 2. The number of allylic oxidation sites excluding steroid dienone is 1. The van der Waals surface area contributed by atoms with E-state index < -0.39 is 0 Å². The molecular formula is C21H22ClN3. The van der Waals surface area contributed by atoms with Gasteiger partial charge >= 0.3 is 0 Å². The van der Waals surface area contributed by atoms with E-state index in [1.54, 1.807) is 0 Å². The van der Waals surface area contributed by atoms with Crippen molar-refractivity contribution in [1.29, 1.82) is 0 Å². The fourth-order valence-electron chi connectivity index (χ4n) is 3.62. The Labute approximate surface area is 153 Å². The summed E-state index contributed by atoms with van der Waals surface area (Å²) < 4.78 is 2.33. The molecule has 0 N–H and O–H groups in total. The van der Waals surface area contributed by atoms with Gasteiger partial charge in [-0.15, -0.1) is 0 Å². The fourth-order valence-corrected chi connectivity index (χ4v) is 3.78. The quantitative estimate of drug-likeness (QED) is 0.647. The first kappa shape index (κ1) is 16.4. The van der Waals surface area contributed by atoms with Gasteiger partial charge < -0.3 is 9.47 Å². The lowest BCUT2D eigenvalue weighted by molar-refractivity contribution is 0.312. The van der Waals surface area contributed by atoms with E-state index in [2.05, 4.69) is 58.9 Å². The average Bonchev–Trinajstić information content (AvgIpc) is 2.88. The summed E-state index contributed by atoms with van der Waals surface area (Å²) in [5.74, 6) is 0. The Balaban J connectivity index is 1.90. The van der Waals surface area contributed by atoms with Gasteiger partial charge in [0.05, 0.1) is 5.52 Å². The van der Waals surface area contributed by atoms with Crippen LogP contribution >= 0.6 is 11.6 Å². The van der Waals surface area contributed by atoms with Crippen molar-refractivity contribution in [3.63, 3.8) is 0 Å². The van der Waals surface area contributed by atoms with Crippen LogP contribution in [0.25, 0.3) is 22.7 Å². The number of rotatable bonds is 2. The predicted octanol–water partition coefficient (Wildman–Crippen LogP) is 5.00. The van der Waals surface area contributed by atoms with Gasteiger partial charge in [-0.25, -0.2) is 0 Å². The van der Waals surface area contributed by atoms with Crippen LogP contribution < -0.4 is 0 Å². The van der Waals surface area contributed by atoms with Gasteiger partial charge in [-0.3, -0.25) is 4.98 Å². The summed E-state index contributed by atoms with van der Waals surface area (Å²) in [6.07, 6.45) is 5.23. The predicted molar refractivity (Wildman–Crippen MR) is 106 cm³/mol. The first-order valence-corrected chi connectivity index (χ1v) is 9.02. The molecule has 3 aromatic rings. The molecule has 0 bridgehead atoms. The molecule has 1 aliphatic heterocycles. The molecule has 0 spiro atoms. The second kappa shape index (κ2) is 6.32. The zero-order valence-electron chi connectivity index (χ0n) is 14.9. The normalized spacial score (nSPS) is 15.6. The van der Waals surface area contributed by atoms with Crippen molar-refractivity contribution < 1.29 is 0 Å². The van der Waals surface area contributed by atoms with Crippen LogP contribution in [0.2, 0.25) is 5.02 Å². The molecule has 0 fully saturated rings. The second-order valence-electron chi connectivity index (χ2n) is 6.94. The van der Waals surface area contributed by atoms with E-state index in [0.717, 1.165) is 35.8 Å². The molecule has 25 heavy (non-hydrogen) atoms. The first-order chi connectivity index (χ1) is 12.0. The molecule has 4 heteroatoms. The number of hydrogen-bond donors (Lipinski definition) is 0. The van der Waals surface area contributed by atoms with Crippen molar-refractivity contribution in [3.8, 4) is 0 Å². The van der Waals surface area contributed by atoms with Crippen LogP contribution in [0.15, 0.2) is 36.5 Å². The highest BCUT2D eigenvalue weighted by molar-refractivity contribution is 6.31. The number of fused-ring (bicyclic) bond motifs is 3. The Morgan fingerprint density at radius 3 is 2.84 bits per heavy atom. The largest absolute Gasteiger partial charge is 0.320 e. The van der Waals surface area contributed by atoms with Crippen molar-refractivity contribution in [2.75, 3.05) is 13.6 Å². The number of pyridine rings is 1. The Hall–Kier alpha value is -2.10. The second-order valence-corrected chi connectivity index (χ2v) is 7.38. The van der Waals surface area contributed by atoms with Gasteiger partial charge in [-0.05, 0) is 55.8 Å². The molecule has 4 rings (SSSR count). The van der Waals surface area contributed by atoms with Crippen LogP contribution in [0, 0.1) is 6.92 Å². The van der Waals surface area contributed by atoms with Crippen LogP contribution in [0.1, 0.15) is 29.4 Å². The van der Waals surface area contributed by atoms with Crippen molar-refractivity contribution in [2.45, 2.75) is 26.8 Å². The van der Waals surface area contributed by atoms with Gasteiger partial charge in [0, 0.05) is 53.7 Å². The Morgan fingerprint density at radius 2 is 2.08 bits per heavy atom. The van der Waals surface area contributed by atoms with E-state index in [-0.39, 0.29) is 0 Å². The minimum absolute atomic E-state index is 0.778. The molecular weight excluding hydrogens is 330 g/mol. The zero-order chi connectivity index (χ0) is 17.6. The van der Waals surface area contributed by atoms with E-state index in [0.29, 0.717) is 0 Å². The third kappa shape index (κ3) is 2.99. The lowest BCUT2D eigenvalue weighted by Gasteiger charge is -2.23. The van der Waals surface area contributed by atoms with Crippen molar-refractivity contribution in [2.24, 2.45) is 0 Å². The van der Waals surface area contributed by atoms with Crippen LogP contribution in [0.5, 0.6) is 0 Å². The summed E-state index contributed by atoms with van der Waals surface area (Å²) in [5, 5.41) is 2.08. The van der Waals surface area contributed by atoms with E-state index in [1.165, 1.54) is 27.7 Å². The molecule has 0 saturated heterocycles. The number of hydrogen-bond acceptors (Lipinski definition) is 2. The maximum Gasteiger partial charge on any atom is 0.0543 e. The van der Waals surface area contributed by atoms with E-state index in [4.69, 9.17) is 11.6 Å². The molecule has 0 unspecified atom stereocenters. The van der Waals surface area contributed by atoms with Crippen LogP contribution in [-0.2, 0) is 13.0 Å². The van der Waals surface area contributed by atoms with Gasteiger partial charge in [-0.1, -0.05) is 23.7 Å². The SMILES string of the molecule is C/C(=C/n1c2c(c3ccc(Cl)cc31)CN(C)CC2)c1ccc(C)nc1. The summed E-state index contributed by atoms with van der Waals surface area (Å²) in [6, 6.07) is 10.4. The van der Waals surface area contributed by atoms with Gasteiger partial charge in [0.1, 0.15) is 0 Å². The fraction of sp³-hybridized carbons (Fsp3) is 0.286. The molecule has 0 radical (unpaired) electrons. The maximum absolute atomic E-state index is 6.30. The zero-order valence-corrected chi connectivity index (χ0v) is 15.6. The molecule has 1 aromatic carbocycles. The average molecular weight is 352 g/mol. The number of aryl methyl sites for hydroxylation is 1. The maximum atomic E-state index is 6.30. The molecule has 0 saturated carbocycles. The van der Waals surface area contributed by atoms with Gasteiger partial charge in [-0.2, -0.15) is 0 Å². The third-order valence-electron chi connectivity index (χ3n) is 5.03. The molecule has 0 atom stereocenters. The summed E-state index contributed by atoms with van der Waals surface area (Å²) in [6.45, 7) is 6.22. The first-order valence-electron chi connectivity index (χ1n) is 8.64. The van der Waals surface area contributed by atoms with Crippen molar-refractivity contribution in [1.82, 2.24) is 14.5 Å². The Kier molecular flexibility index (Phi) is 4.14. The van der Waals surface area contributed by atoms with Gasteiger partial charge in [0.25, 0.3) is 0 Å². The van der Waals surface area contributed by atoms with E-state index >= 15 is 0 Å². The molecule has 3 heterocycles. The number of likely N-dealkylation sites (N-methyl/N-ethyl adjacent to an activating group) is 1. The van der Waals surface area contributed by atoms with Gasteiger partial charge in [0.2, 0.25) is 0 Å². The summed E-state index contributed by atoms with van der Waals surface area (Å²) in [4.78, 5) is 6.80. The summed E-state index contributed by atoms with van der Waals surface area (Å²) in [7, 11) is 2.18. The van der Waals surface area contributed by atoms with E-state index in [9.17, 15) is 0 Å². The molecule has 128 valence electrons. The van der Waals surface area contributed by atoms with Crippen molar-refractivity contribution in [3.05, 3.63) is 64.1 Å². The number of benzene rings is 1. The molecule has 2 aromatic heterocycles. The minimum Gasteiger partial charge on any atom is -0.320 e. The van der Waals surface area contributed by atoms with Crippen LogP contribution in [0.4, 0.5) is 0 Å². The number of nitrogens with zero attached hydrogens (tertiary/aromatic N) is 3. The Bertz CT molecular complexity index is 967. The van der Waals surface area contributed by atoms with Crippen LogP contribution in [-0.4, -0.2) is 28.0 Å². The Morgan fingerprint density at radius 1 is 1.24 bits per heavy atom. The smallest absolute Gasteiger partial charge is 0.0543 e. The highest BCUT2D eigenvalue weighted by Gasteiger charge is 2.21. The molecule has 0 aliphatic carbocycles. The number of halogens is 1. The van der Waals surface area contributed by atoms with E-state index in [1.807, 2.05) is 19.2 Å². The lowest BCUT2D eigenvalue weighted by atomic mass is 10.1. The van der Waals surface area contributed by atoms with Crippen molar-refractivity contribution >= 4 is 34.3 Å². The van der Waals surface area contributed by atoms with Gasteiger partial charge in [0.15, 0.2) is 0 Å². The highest BCUT2D eigenvalue weighted by atomic mass is 35.5. The monoisotopic (exact) mass is 351 g/mol. The molecule has 3 nitrogen and oxygen atoms in total. The van der Waals surface area contributed by atoms with Crippen LogP contribution in [0.3, 0.4) is 0 Å². The molecule has 0 amide bonds. The summed E-state index contributed by atoms with van der Waals surface area (Å²) in [5.41, 5.74) is 7.39. The summed E-state index contributed by atoms with van der Waals surface area (Å²) >= 11 is 6.30. The highest BCUT2D eigenvalue weighted by Crippen LogP contribution is 2.33. The minimum atomic E-state index is 0.778. The topological polar surface area (TPSA) is 21.1 Å². The molecule has 1 aliphatic rings.